The molecule has 0 aliphatic rings. The monoisotopic (exact) mass is 385 g/mol. The van der Waals surface area contributed by atoms with Crippen molar-refractivity contribution in [1.29, 1.82) is 0 Å². The molecule has 0 fully saturated rings. The van der Waals surface area contributed by atoms with Crippen LogP contribution in [0.15, 0.2) is 54.7 Å². The number of rotatable bonds is 6. The second-order valence-electron chi connectivity index (χ2n) is 5.50. The van der Waals surface area contributed by atoms with Crippen molar-refractivity contribution >= 4 is 28.5 Å². The van der Waals surface area contributed by atoms with Crippen LogP contribution in [0, 0.1) is 0 Å². The van der Waals surface area contributed by atoms with Gasteiger partial charge in [0.05, 0.1) is 24.8 Å². The molecular weight excluding hydrogens is 362 g/mol. The van der Waals surface area contributed by atoms with Gasteiger partial charge in [0, 0.05) is 17.5 Å². The van der Waals surface area contributed by atoms with E-state index < -0.39 is 0 Å². The molecule has 142 valence electrons. The number of methoxy groups -OCH3 is 1. The van der Waals surface area contributed by atoms with Crippen molar-refractivity contribution in [2.24, 2.45) is 0 Å². The first-order valence-corrected chi connectivity index (χ1v) is 9.52. The van der Waals surface area contributed by atoms with Crippen molar-refractivity contribution in [2.45, 2.75) is 20.3 Å². The highest BCUT2D eigenvalue weighted by Crippen LogP contribution is 2.27. The molecule has 0 saturated carbocycles. The van der Waals surface area contributed by atoms with Crippen LogP contribution in [0.5, 0.6) is 5.75 Å². The lowest BCUT2D eigenvalue weighted by molar-refractivity contribution is 0.0603. The molecule has 5 heteroatoms. The number of esters is 1. The first kappa shape index (κ1) is 20.7. The van der Waals surface area contributed by atoms with Crippen LogP contribution in [0.4, 0.5) is 0 Å². The van der Waals surface area contributed by atoms with Crippen LogP contribution >= 0.6 is 11.6 Å². The number of halogens is 1. The Bertz CT molecular complexity index is 878. The summed E-state index contributed by atoms with van der Waals surface area (Å²) in [5, 5.41) is 0.772. The first-order chi connectivity index (χ1) is 13.2. The summed E-state index contributed by atoms with van der Waals surface area (Å²) in [5.41, 5.74) is 3.30. The van der Waals surface area contributed by atoms with Crippen molar-refractivity contribution in [1.82, 2.24) is 4.98 Å². The van der Waals surface area contributed by atoms with Crippen LogP contribution in [0.1, 0.15) is 30.6 Å². The Morgan fingerprint density at radius 2 is 1.74 bits per heavy atom. The molecule has 3 aromatic rings. The number of ether oxygens (including phenoxy) is 2. The number of hydrogen-bond acceptors (Lipinski definition) is 4. The molecule has 2 aromatic carbocycles. The van der Waals surface area contributed by atoms with Crippen LogP contribution in [0.3, 0.4) is 0 Å². The minimum absolute atomic E-state index is 0.368. The maximum Gasteiger partial charge on any atom is 0.338 e. The lowest BCUT2D eigenvalue weighted by Gasteiger charge is -2.09. The van der Waals surface area contributed by atoms with Crippen molar-refractivity contribution < 1.29 is 14.3 Å². The molecule has 0 atom stereocenters. The molecule has 0 spiro atoms. The predicted molar refractivity (Wildman–Crippen MR) is 111 cm³/mol. The minimum Gasteiger partial charge on any atom is -0.494 e. The Hall–Kier alpha value is -2.59. The van der Waals surface area contributed by atoms with Gasteiger partial charge in [-0.3, -0.25) is 4.98 Å². The van der Waals surface area contributed by atoms with Crippen molar-refractivity contribution in [3.8, 4) is 16.9 Å². The summed E-state index contributed by atoms with van der Waals surface area (Å²) < 4.78 is 10.5. The zero-order valence-corrected chi connectivity index (χ0v) is 16.6. The molecule has 0 aliphatic carbocycles. The summed E-state index contributed by atoms with van der Waals surface area (Å²) in [7, 11) is 1.38. The molecule has 3 rings (SSSR count). The van der Waals surface area contributed by atoms with E-state index in [4.69, 9.17) is 21.1 Å². The zero-order valence-electron chi connectivity index (χ0n) is 15.9. The van der Waals surface area contributed by atoms with Crippen molar-refractivity contribution in [3.05, 3.63) is 60.3 Å². The number of fused-ring (bicyclic) bond motifs is 1. The standard InChI is InChI=1S/C20H18ClNO3.C2H6/c1-24-20(23)17-9-11-22-19-8-5-15(13-18(17)19)14-3-6-16(7-4-14)25-12-2-10-21;1-2/h3-9,11,13H,2,10,12H2,1H3;1-2H3. The third-order valence-electron chi connectivity index (χ3n) is 3.88. The van der Waals surface area contributed by atoms with Crippen LogP contribution in [0.2, 0.25) is 0 Å². The smallest absolute Gasteiger partial charge is 0.338 e. The first-order valence-electron chi connectivity index (χ1n) is 8.99. The molecule has 4 nitrogen and oxygen atoms in total. The average Bonchev–Trinajstić information content (AvgIpc) is 2.74. The number of aromatic nitrogens is 1. The fourth-order valence-electron chi connectivity index (χ4n) is 2.60. The van der Waals surface area contributed by atoms with Gasteiger partial charge in [-0.25, -0.2) is 4.79 Å². The van der Waals surface area contributed by atoms with Gasteiger partial charge in [-0.2, -0.15) is 0 Å². The SMILES string of the molecule is CC.COC(=O)c1ccnc2ccc(-c3ccc(OCCCCl)cc3)cc12. The maximum absolute atomic E-state index is 12.0. The summed E-state index contributed by atoms with van der Waals surface area (Å²) in [6, 6.07) is 15.4. The van der Waals surface area contributed by atoms with Gasteiger partial charge in [-0.1, -0.05) is 32.0 Å². The Kier molecular flexibility index (Phi) is 8.08. The minimum atomic E-state index is -0.368. The second-order valence-corrected chi connectivity index (χ2v) is 5.88. The molecule has 0 bridgehead atoms. The fourth-order valence-corrected chi connectivity index (χ4v) is 2.71. The summed E-state index contributed by atoms with van der Waals surface area (Å²) in [6.45, 7) is 4.60. The van der Waals surface area contributed by atoms with Gasteiger partial charge in [0.2, 0.25) is 0 Å². The molecule has 0 amide bonds. The van der Waals surface area contributed by atoms with E-state index in [9.17, 15) is 4.79 Å². The summed E-state index contributed by atoms with van der Waals surface area (Å²) in [6.07, 6.45) is 2.43. The number of hydrogen-bond donors (Lipinski definition) is 0. The molecule has 0 radical (unpaired) electrons. The van der Waals surface area contributed by atoms with Crippen LogP contribution in [0.25, 0.3) is 22.0 Å². The Morgan fingerprint density at radius 1 is 1.04 bits per heavy atom. The van der Waals surface area contributed by atoms with Crippen molar-refractivity contribution in [2.75, 3.05) is 19.6 Å². The third kappa shape index (κ3) is 5.20. The molecular formula is C22H24ClNO3. The number of nitrogens with zero attached hydrogens (tertiary/aromatic N) is 1. The predicted octanol–water partition coefficient (Wildman–Crippen LogP) is 5.72. The van der Waals surface area contributed by atoms with Gasteiger partial charge in [0.15, 0.2) is 0 Å². The number of pyridine rings is 1. The Morgan fingerprint density at radius 3 is 2.41 bits per heavy atom. The second kappa shape index (κ2) is 10.5. The number of carbonyl (C=O) groups is 1. The van der Waals surface area contributed by atoms with E-state index in [2.05, 4.69) is 4.98 Å². The topological polar surface area (TPSA) is 48.4 Å². The van der Waals surface area contributed by atoms with E-state index in [0.717, 1.165) is 34.2 Å². The van der Waals surface area contributed by atoms with E-state index in [1.54, 1.807) is 12.3 Å². The molecule has 27 heavy (non-hydrogen) atoms. The Balaban J connectivity index is 0.00000126. The van der Waals surface area contributed by atoms with Gasteiger partial charge < -0.3 is 9.47 Å². The Labute approximate surface area is 165 Å². The van der Waals surface area contributed by atoms with Gasteiger partial charge in [0.1, 0.15) is 5.75 Å². The lowest BCUT2D eigenvalue weighted by atomic mass is 10.0. The van der Waals surface area contributed by atoms with Gasteiger partial charge >= 0.3 is 5.97 Å². The van der Waals surface area contributed by atoms with E-state index in [1.165, 1.54) is 7.11 Å². The maximum atomic E-state index is 12.0. The largest absolute Gasteiger partial charge is 0.494 e. The number of alkyl halides is 1. The summed E-state index contributed by atoms with van der Waals surface area (Å²) >= 11 is 5.65. The normalized spacial score (nSPS) is 10.1. The highest BCUT2D eigenvalue weighted by molar-refractivity contribution is 6.17. The van der Waals surface area contributed by atoms with Crippen LogP contribution < -0.4 is 4.74 Å². The highest BCUT2D eigenvalue weighted by atomic mass is 35.5. The quantitative estimate of drug-likeness (QED) is 0.309. The van der Waals surface area contributed by atoms with Crippen LogP contribution in [-0.4, -0.2) is 30.5 Å². The third-order valence-corrected chi connectivity index (χ3v) is 4.15. The van der Waals surface area contributed by atoms with E-state index in [-0.39, 0.29) is 5.97 Å². The van der Waals surface area contributed by atoms with E-state index >= 15 is 0 Å². The fraction of sp³-hybridized carbons (Fsp3) is 0.273. The molecule has 1 heterocycles. The number of benzene rings is 2. The van der Waals surface area contributed by atoms with E-state index in [1.807, 2.05) is 56.3 Å². The van der Waals surface area contributed by atoms with Crippen molar-refractivity contribution in [3.63, 3.8) is 0 Å². The summed E-state index contributed by atoms with van der Waals surface area (Å²) in [5.74, 6) is 1.03. The average molecular weight is 386 g/mol. The van der Waals surface area contributed by atoms with Gasteiger partial charge in [0.25, 0.3) is 0 Å². The van der Waals surface area contributed by atoms with Gasteiger partial charge in [-0.15, -0.1) is 11.6 Å². The molecule has 0 unspecified atom stereocenters. The van der Waals surface area contributed by atoms with E-state index in [0.29, 0.717) is 18.1 Å². The molecule has 1 aromatic heterocycles. The van der Waals surface area contributed by atoms with Crippen LogP contribution in [-0.2, 0) is 4.74 Å². The summed E-state index contributed by atoms with van der Waals surface area (Å²) in [4.78, 5) is 16.3. The van der Waals surface area contributed by atoms with Gasteiger partial charge in [-0.05, 0) is 47.9 Å². The molecule has 0 aliphatic heterocycles. The molecule has 0 N–H and O–H groups in total. The molecule has 0 saturated heterocycles. The number of carbonyl (C=O) groups excluding carboxylic acids is 1. The highest BCUT2D eigenvalue weighted by Gasteiger charge is 2.11. The lowest BCUT2D eigenvalue weighted by Crippen LogP contribution is -2.02. The zero-order chi connectivity index (χ0) is 19.6.